The summed E-state index contributed by atoms with van der Waals surface area (Å²) in [5.41, 5.74) is 0.914. The quantitative estimate of drug-likeness (QED) is 0.527. The zero-order valence-electron chi connectivity index (χ0n) is 14.7. The molecule has 2 aromatic heterocycles. The lowest BCUT2D eigenvalue weighted by Gasteiger charge is -2.34. The maximum atomic E-state index is 11.0. The maximum absolute atomic E-state index is 11.0. The van der Waals surface area contributed by atoms with Gasteiger partial charge in [0.15, 0.2) is 5.82 Å². The van der Waals surface area contributed by atoms with Gasteiger partial charge in [0.05, 0.1) is 29.1 Å². The van der Waals surface area contributed by atoms with Gasteiger partial charge in [0.2, 0.25) is 10.8 Å². The van der Waals surface area contributed by atoms with Crippen molar-refractivity contribution in [1.29, 1.82) is 0 Å². The SMILES string of the molecule is CCc1nc2sc(C(c3ccc([N+](=O)[O-])cc3)N3CCOCC3)c(O)n2n1. The highest BCUT2D eigenvalue weighted by atomic mass is 32.1. The van der Waals surface area contributed by atoms with E-state index in [9.17, 15) is 15.2 Å². The lowest BCUT2D eigenvalue weighted by molar-refractivity contribution is -0.384. The predicted molar refractivity (Wildman–Crippen MR) is 99.2 cm³/mol. The fraction of sp³-hybridized carbons (Fsp3) is 0.412. The van der Waals surface area contributed by atoms with Gasteiger partial charge in [-0.25, -0.2) is 4.98 Å². The van der Waals surface area contributed by atoms with Crippen LogP contribution < -0.4 is 0 Å². The largest absolute Gasteiger partial charge is 0.492 e. The number of morpholine rings is 1. The molecular weight excluding hydrogens is 370 g/mol. The van der Waals surface area contributed by atoms with Crippen molar-refractivity contribution in [3.05, 3.63) is 50.6 Å². The lowest BCUT2D eigenvalue weighted by Crippen LogP contribution is -2.39. The summed E-state index contributed by atoms with van der Waals surface area (Å²) in [4.78, 5) is 18.6. The van der Waals surface area contributed by atoms with Crippen LogP contribution in [0.5, 0.6) is 5.88 Å². The Labute approximate surface area is 159 Å². The number of fused-ring (bicyclic) bond motifs is 1. The van der Waals surface area contributed by atoms with Crippen LogP contribution in [0.25, 0.3) is 4.96 Å². The van der Waals surface area contributed by atoms with Crippen molar-refractivity contribution in [2.24, 2.45) is 0 Å². The number of rotatable bonds is 5. The number of nitro benzene ring substituents is 1. The van der Waals surface area contributed by atoms with E-state index in [1.54, 1.807) is 12.1 Å². The van der Waals surface area contributed by atoms with Crippen LogP contribution in [0.1, 0.15) is 29.2 Å². The van der Waals surface area contributed by atoms with Gasteiger partial charge in [-0.15, -0.1) is 5.10 Å². The van der Waals surface area contributed by atoms with E-state index in [-0.39, 0.29) is 17.6 Å². The fourth-order valence-corrected chi connectivity index (χ4v) is 4.40. The Balaban J connectivity index is 1.79. The molecule has 1 saturated heterocycles. The van der Waals surface area contributed by atoms with Gasteiger partial charge in [0.1, 0.15) is 0 Å². The van der Waals surface area contributed by atoms with E-state index in [1.807, 2.05) is 6.92 Å². The molecule has 1 aliphatic rings. The van der Waals surface area contributed by atoms with Crippen molar-refractivity contribution >= 4 is 22.0 Å². The van der Waals surface area contributed by atoms with Crippen molar-refractivity contribution in [2.45, 2.75) is 19.4 Å². The van der Waals surface area contributed by atoms with Gasteiger partial charge in [0, 0.05) is 31.6 Å². The Morgan fingerprint density at radius 1 is 1.33 bits per heavy atom. The first-order valence-corrected chi connectivity index (χ1v) is 9.53. The van der Waals surface area contributed by atoms with E-state index < -0.39 is 4.92 Å². The number of nitrogens with zero attached hydrogens (tertiary/aromatic N) is 5. The number of nitro groups is 1. The highest BCUT2D eigenvalue weighted by molar-refractivity contribution is 7.17. The molecule has 3 aromatic rings. The third kappa shape index (κ3) is 3.27. The van der Waals surface area contributed by atoms with E-state index in [4.69, 9.17) is 4.74 Å². The number of benzene rings is 1. The summed E-state index contributed by atoms with van der Waals surface area (Å²) >= 11 is 1.39. The zero-order chi connectivity index (χ0) is 19.0. The lowest BCUT2D eigenvalue weighted by atomic mass is 10.0. The van der Waals surface area contributed by atoms with E-state index in [1.165, 1.54) is 28.0 Å². The molecule has 10 heteroatoms. The van der Waals surface area contributed by atoms with Gasteiger partial charge in [0.25, 0.3) is 5.69 Å². The first-order valence-electron chi connectivity index (χ1n) is 8.72. The average Bonchev–Trinajstić information content (AvgIpc) is 3.23. The second kappa shape index (κ2) is 7.22. The number of aryl methyl sites for hydroxylation is 1. The number of aromatic nitrogens is 3. The zero-order valence-corrected chi connectivity index (χ0v) is 15.6. The third-order valence-electron chi connectivity index (χ3n) is 4.64. The van der Waals surface area contributed by atoms with Crippen molar-refractivity contribution < 1.29 is 14.8 Å². The maximum Gasteiger partial charge on any atom is 0.269 e. The Bertz CT molecular complexity index is 962. The first kappa shape index (κ1) is 17.8. The molecule has 27 heavy (non-hydrogen) atoms. The van der Waals surface area contributed by atoms with Crippen molar-refractivity contribution in [3.8, 4) is 5.88 Å². The highest BCUT2D eigenvalue weighted by Crippen LogP contribution is 2.40. The second-order valence-electron chi connectivity index (χ2n) is 6.27. The molecule has 0 saturated carbocycles. The molecule has 0 bridgehead atoms. The number of non-ortho nitro benzene ring substituents is 1. The van der Waals surface area contributed by atoms with Crippen molar-refractivity contribution in [2.75, 3.05) is 26.3 Å². The van der Waals surface area contributed by atoms with Gasteiger partial charge in [-0.1, -0.05) is 30.4 Å². The van der Waals surface area contributed by atoms with Crippen LogP contribution in [-0.4, -0.2) is 55.8 Å². The van der Waals surface area contributed by atoms with Crippen molar-refractivity contribution in [3.63, 3.8) is 0 Å². The van der Waals surface area contributed by atoms with Crippen molar-refractivity contribution in [1.82, 2.24) is 19.5 Å². The smallest absolute Gasteiger partial charge is 0.269 e. The summed E-state index contributed by atoms with van der Waals surface area (Å²) in [6.45, 7) is 4.57. The van der Waals surface area contributed by atoms with Gasteiger partial charge in [-0.3, -0.25) is 15.0 Å². The average molecular weight is 389 g/mol. The number of thiazole rings is 1. The summed E-state index contributed by atoms with van der Waals surface area (Å²) < 4.78 is 6.93. The van der Waals surface area contributed by atoms with E-state index in [0.29, 0.717) is 43.5 Å². The molecule has 3 heterocycles. The number of aromatic hydroxyl groups is 1. The molecule has 1 unspecified atom stereocenters. The van der Waals surface area contributed by atoms with Gasteiger partial charge in [-0.2, -0.15) is 4.52 Å². The van der Waals surface area contributed by atoms with Crippen LogP contribution >= 0.6 is 11.3 Å². The molecule has 1 N–H and O–H groups in total. The Hall–Kier alpha value is -2.56. The minimum absolute atomic E-state index is 0.0407. The first-order chi connectivity index (χ1) is 13.1. The summed E-state index contributed by atoms with van der Waals surface area (Å²) in [6, 6.07) is 6.22. The van der Waals surface area contributed by atoms with Crippen LogP contribution in [0.4, 0.5) is 5.69 Å². The Morgan fingerprint density at radius 2 is 2.04 bits per heavy atom. The summed E-state index contributed by atoms with van der Waals surface area (Å²) in [6.07, 6.45) is 0.693. The summed E-state index contributed by atoms with van der Waals surface area (Å²) in [7, 11) is 0. The minimum Gasteiger partial charge on any atom is -0.492 e. The summed E-state index contributed by atoms with van der Waals surface area (Å²) in [5.74, 6) is 0.749. The number of ether oxygens (including phenoxy) is 1. The van der Waals surface area contributed by atoms with E-state index >= 15 is 0 Å². The fourth-order valence-electron chi connectivity index (χ4n) is 3.26. The molecule has 0 aliphatic carbocycles. The molecular formula is C17H19N5O4S. The van der Waals surface area contributed by atoms with E-state index in [0.717, 1.165) is 10.4 Å². The molecule has 4 rings (SSSR count). The van der Waals surface area contributed by atoms with Crippen LogP contribution in [0.3, 0.4) is 0 Å². The van der Waals surface area contributed by atoms with Crippen LogP contribution in [-0.2, 0) is 11.2 Å². The molecule has 1 fully saturated rings. The minimum atomic E-state index is -0.416. The van der Waals surface area contributed by atoms with Crippen LogP contribution in [0, 0.1) is 10.1 Å². The van der Waals surface area contributed by atoms with Gasteiger partial charge in [-0.05, 0) is 5.56 Å². The molecule has 0 radical (unpaired) electrons. The topological polar surface area (TPSA) is 106 Å². The Kier molecular flexibility index (Phi) is 4.77. The number of hydrogen-bond donors (Lipinski definition) is 1. The molecule has 0 spiro atoms. The molecule has 1 aliphatic heterocycles. The van der Waals surface area contributed by atoms with Crippen LogP contribution in [0.2, 0.25) is 0 Å². The van der Waals surface area contributed by atoms with E-state index in [2.05, 4.69) is 15.0 Å². The van der Waals surface area contributed by atoms with Gasteiger partial charge < -0.3 is 9.84 Å². The molecule has 0 amide bonds. The van der Waals surface area contributed by atoms with Gasteiger partial charge >= 0.3 is 0 Å². The van der Waals surface area contributed by atoms with Crippen LogP contribution in [0.15, 0.2) is 24.3 Å². The third-order valence-corrected chi connectivity index (χ3v) is 5.71. The second-order valence-corrected chi connectivity index (χ2v) is 7.27. The monoisotopic (exact) mass is 389 g/mol. The molecule has 1 atom stereocenters. The molecule has 9 nitrogen and oxygen atoms in total. The molecule has 142 valence electrons. The predicted octanol–water partition coefficient (Wildman–Crippen LogP) is 2.39. The normalized spacial score (nSPS) is 16.6. The number of hydrogen-bond acceptors (Lipinski definition) is 8. The standard InChI is InChI=1S/C17H19N5O4S/c1-2-13-18-17-21(19-13)16(23)15(27-17)14(20-7-9-26-10-8-20)11-3-5-12(6-4-11)22(24)25/h3-6,14,23H,2,7-10H2,1H3. The Morgan fingerprint density at radius 3 is 2.63 bits per heavy atom. The summed E-state index contributed by atoms with van der Waals surface area (Å²) in [5, 5.41) is 26.1. The highest BCUT2D eigenvalue weighted by Gasteiger charge is 2.30. The molecule has 1 aromatic carbocycles.